The van der Waals surface area contributed by atoms with Crippen molar-refractivity contribution in [2.45, 2.75) is 179 Å². The molecule has 0 aromatic rings. The van der Waals surface area contributed by atoms with Gasteiger partial charge in [0, 0.05) is 18.1 Å². The summed E-state index contributed by atoms with van der Waals surface area (Å²) >= 11 is 0. The molecule has 0 aliphatic heterocycles. The fourth-order valence-corrected chi connectivity index (χ4v) is 14.1. The van der Waals surface area contributed by atoms with Crippen LogP contribution < -0.4 is 0 Å². The van der Waals surface area contributed by atoms with E-state index in [9.17, 15) is 0 Å². The van der Waals surface area contributed by atoms with Gasteiger partial charge in [-0.1, -0.05) is 70.4 Å². The first-order valence-electron chi connectivity index (χ1n) is 20.2. The Morgan fingerprint density at radius 3 is 1.81 bits per heavy atom. The molecule has 236 valence electrons. The first-order valence-corrected chi connectivity index (χ1v) is 20.2. The first-order chi connectivity index (χ1) is 20.7. The average Bonchev–Trinajstić information content (AvgIpc) is 3.05. The fraction of sp³-hybridized carbons (Fsp3) is 0.951. The van der Waals surface area contributed by atoms with Gasteiger partial charge in [-0.2, -0.15) is 0 Å². The lowest BCUT2D eigenvalue weighted by Gasteiger charge is -2.62. The second kappa shape index (κ2) is 12.8. The minimum atomic E-state index is 0.881. The van der Waals surface area contributed by atoms with Gasteiger partial charge < -0.3 is 0 Å². The van der Waals surface area contributed by atoms with Crippen LogP contribution >= 0.6 is 0 Å². The second-order valence-corrected chi connectivity index (χ2v) is 17.9. The predicted molar refractivity (Wildman–Crippen MR) is 177 cm³/mol. The van der Waals surface area contributed by atoms with Crippen molar-refractivity contribution in [2.75, 3.05) is 0 Å². The lowest BCUT2D eigenvalue weighted by Crippen LogP contribution is -2.61. The smallest absolute Gasteiger partial charge is 0.0132 e. The Labute approximate surface area is 260 Å². The molecule has 10 unspecified atom stereocenters. The Kier molecular flexibility index (Phi) is 8.90. The van der Waals surface area contributed by atoms with Gasteiger partial charge in [-0.25, -0.2) is 0 Å². The van der Waals surface area contributed by atoms with Crippen molar-refractivity contribution >= 4 is 0 Å². The highest BCUT2D eigenvalue weighted by Crippen LogP contribution is 2.61. The van der Waals surface area contributed by atoms with Crippen LogP contribution in [-0.2, 0) is 0 Å². The standard InChI is InChI=1S/C41H67N/c1-28-12-22-35(23-13-28)42(39-27-21-34-19-18-32-9-5-10-33-20-26-38(39)41(34)40(32)33)36-24-15-29(16-25-36)14-17-31-8-4-7-30-6-2-3-11-37(30)31/h14,17,28-41H,2-13,15-16,18-27H2,1H3. The van der Waals surface area contributed by atoms with Crippen LogP contribution in [0.5, 0.6) is 0 Å². The molecule has 10 atom stereocenters. The van der Waals surface area contributed by atoms with Crippen LogP contribution in [0, 0.1) is 65.1 Å². The molecule has 8 fully saturated rings. The van der Waals surface area contributed by atoms with Crippen LogP contribution in [0.4, 0.5) is 0 Å². The summed E-state index contributed by atoms with van der Waals surface area (Å²) < 4.78 is 0. The van der Waals surface area contributed by atoms with Gasteiger partial charge in [0.2, 0.25) is 0 Å². The van der Waals surface area contributed by atoms with Crippen molar-refractivity contribution in [3.8, 4) is 0 Å². The molecular weight excluding hydrogens is 506 g/mol. The zero-order valence-electron chi connectivity index (χ0n) is 27.7. The zero-order valence-corrected chi connectivity index (χ0v) is 27.7. The highest BCUT2D eigenvalue weighted by atomic mass is 15.2. The summed E-state index contributed by atoms with van der Waals surface area (Å²) in [5.41, 5.74) is 0. The topological polar surface area (TPSA) is 3.24 Å². The largest absolute Gasteiger partial charge is 0.294 e. The summed E-state index contributed by atoms with van der Waals surface area (Å²) in [4.78, 5) is 3.35. The van der Waals surface area contributed by atoms with E-state index in [1.54, 1.807) is 70.6 Å². The molecule has 0 spiro atoms. The number of hydrogen-bond acceptors (Lipinski definition) is 1. The maximum absolute atomic E-state index is 3.35. The van der Waals surface area contributed by atoms with E-state index in [4.69, 9.17) is 0 Å². The van der Waals surface area contributed by atoms with Crippen LogP contribution in [0.1, 0.15) is 161 Å². The molecule has 0 amide bonds. The Balaban J connectivity index is 0.971. The van der Waals surface area contributed by atoms with Crippen molar-refractivity contribution in [1.82, 2.24) is 4.90 Å². The Morgan fingerprint density at radius 1 is 0.429 bits per heavy atom. The van der Waals surface area contributed by atoms with Crippen LogP contribution in [0.3, 0.4) is 0 Å². The molecule has 8 aliphatic carbocycles. The van der Waals surface area contributed by atoms with E-state index < -0.39 is 0 Å². The van der Waals surface area contributed by atoms with Crippen molar-refractivity contribution in [3.63, 3.8) is 0 Å². The second-order valence-electron chi connectivity index (χ2n) is 17.9. The van der Waals surface area contributed by atoms with Crippen LogP contribution in [0.15, 0.2) is 12.2 Å². The van der Waals surface area contributed by atoms with E-state index in [2.05, 4.69) is 24.0 Å². The Hall–Kier alpha value is -0.300. The van der Waals surface area contributed by atoms with E-state index in [-0.39, 0.29) is 0 Å². The molecular formula is C41H67N. The van der Waals surface area contributed by atoms with Gasteiger partial charge in [-0.3, -0.25) is 4.90 Å². The number of rotatable bonds is 5. The highest BCUT2D eigenvalue weighted by molar-refractivity contribution is 5.07. The summed E-state index contributed by atoms with van der Waals surface area (Å²) in [6.07, 6.45) is 42.5. The normalized spacial score (nSPS) is 51.2. The lowest BCUT2D eigenvalue weighted by atomic mass is 9.47. The maximum Gasteiger partial charge on any atom is 0.0132 e. The third-order valence-corrected chi connectivity index (χ3v) is 16.0. The summed E-state index contributed by atoms with van der Waals surface area (Å²) in [5.74, 6) is 11.5. The molecule has 8 saturated carbocycles. The highest BCUT2D eigenvalue weighted by Gasteiger charge is 2.55. The average molecular weight is 574 g/mol. The van der Waals surface area contributed by atoms with Gasteiger partial charge in [0.05, 0.1) is 0 Å². The van der Waals surface area contributed by atoms with Gasteiger partial charge in [0.15, 0.2) is 0 Å². The molecule has 0 heterocycles. The van der Waals surface area contributed by atoms with E-state index >= 15 is 0 Å². The molecule has 0 N–H and O–H groups in total. The van der Waals surface area contributed by atoms with Gasteiger partial charge in [-0.05, 0) is 168 Å². The SMILES string of the molecule is CC1CCC(N(C2CCC(C=CC3CCCC4CCCCC34)CC2)C2CCC3CCC4CCCC5CCC2C3C45)CC1. The molecule has 0 radical (unpaired) electrons. The van der Waals surface area contributed by atoms with Crippen molar-refractivity contribution < 1.29 is 0 Å². The van der Waals surface area contributed by atoms with Crippen LogP contribution in [0.25, 0.3) is 0 Å². The monoisotopic (exact) mass is 574 g/mol. The minimum Gasteiger partial charge on any atom is -0.294 e. The van der Waals surface area contributed by atoms with E-state index in [0.717, 1.165) is 83.2 Å². The molecule has 8 aliphatic rings. The van der Waals surface area contributed by atoms with Gasteiger partial charge >= 0.3 is 0 Å². The lowest BCUT2D eigenvalue weighted by molar-refractivity contribution is -0.124. The maximum atomic E-state index is 3.35. The molecule has 0 saturated heterocycles. The predicted octanol–water partition coefficient (Wildman–Crippen LogP) is 11.2. The molecule has 1 nitrogen and oxygen atoms in total. The van der Waals surface area contributed by atoms with Crippen LogP contribution in [0.2, 0.25) is 0 Å². The molecule has 1 heteroatoms. The van der Waals surface area contributed by atoms with Gasteiger partial charge in [0.1, 0.15) is 0 Å². The molecule has 8 rings (SSSR count). The molecule has 0 aromatic carbocycles. The van der Waals surface area contributed by atoms with Crippen molar-refractivity contribution in [2.24, 2.45) is 65.1 Å². The fourth-order valence-electron chi connectivity index (χ4n) is 14.1. The van der Waals surface area contributed by atoms with Gasteiger partial charge in [-0.15, -0.1) is 0 Å². The van der Waals surface area contributed by atoms with E-state index in [1.165, 1.54) is 83.5 Å². The van der Waals surface area contributed by atoms with E-state index in [0.29, 0.717) is 0 Å². The Morgan fingerprint density at radius 2 is 1.02 bits per heavy atom. The summed E-state index contributed by atoms with van der Waals surface area (Å²) in [6.45, 7) is 2.54. The third kappa shape index (κ3) is 5.64. The van der Waals surface area contributed by atoms with Gasteiger partial charge in [0.25, 0.3) is 0 Å². The quantitative estimate of drug-likeness (QED) is 0.296. The molecule has 0 aromatic heterocycles. The van der Waals surface area contributed by atoms with Crippen molar-refractivity contribution in [3.05, 3.63) is 12.2 Å². The summed E-state index contributed by atoms with van der Waals surface area (Å²) in [5, 5.41) is 0. The third-order valence-electron chi connectivity index (χ3n) is 16.0. The summed E-state index contributed by atoms with van der Waals surface area (Å²) in [7, 11) is 0. The summed E-state index contributed by atoms with van der Waals surface area (Å²) in [6, 6.07) is 2.75. The van der Waals surface area contributed by atoms with Crippen LogP contribution in [-0.4, -0.2) is 23.0 Å². The number of fused-ring (bicyclic) bond motifs is 1. The van der Waals surface area contributed by atoms with Crippen molar-refractivity contribution in [1.29, 1.82) is 0 Å². The number of hydrogen-bond donors (Lipinski definition) is 0. The minimum absolute atomic E-state index is 0.881. The first kappa shape index (κ1) is 29.1. The zero-order chi connectivity index (χ0) is 28.0. The Bertz CT molecular complexity index is 898. The van der Waals surface area contributed by atoms with E-state index in [1.807, 2.05) is 0 Å². The molecule has 0 bridgehead atoms. The molecule has 42 heavy (non-hydrogen) atoms. The number of nitrogens with zero attached hydrogens (tertiary/aromatic N) is 1. The number of allylic oxidation sites excluding steroid dienone is 2.